The van der Waals surface area contributed by atoms with Crippen molar-refractivity contribution >= 4 is 34.8 Å². The predicted molar refractivity (Wildman–Crippen MR) is 83.6 cm³/mol. The van der Waals surface area contributed by atoms with E-state index in [2.05, 4.69) is 20.6 Å². The van der Waals surface area contributed by atoms with E-state index in [0.29, 0.717) is 16.4 Å². The molecule has 0 atom stereocenters. The number of benzene rings is 1. The molecule has 3 rings (SSSR count). The summed E-state index contributed by atoms with van der Waals surface area (Å²) in [6, 6.07) is 8.28. The zero-order valence-electron chi connectivity index (χ0n) is 11.1. The molecule has 110 valence electrons. The topological polar surface area (TPSA) is 72.7 Å². The van der Waals surface area contributed by atoms with Crippen molar-refractivity contribution in [1.29, 1.82) is 0 Å². The molecule has 8 heteroatoms. The third kappa shape index (κ3) is 2.93. The number of hydrogen-bond acceptors (Lipinski definition) is 4. The average molecular weight is 334 g/mol. The molecule has 1 aromatic carbocycles. The molecule has 1 amide bonds. The fourth-order valence-corrected chi connectivity index (χ4v) is 2.27. The van der Waals surface area contributed by atoms with Crippen molar-refractivity contribution in [3.05, 3.63) is 64.7 Å². The second kappa shape index (κ2) is 6.13. The van der Waals surface area contributed by atoms with E-state index in [0.717, 1.165) is 0 Å². The summed E-state index contributed by atoms with van der Waals surface area (Å²) in [4.78, 5) is 16.2. The number of nitrogens with one attached hydrogen (secondary N) is 1. The zero-order valence-corrected chi connectivity index (χ0v) is 12.6. The van der Waals surface area contributed by atoms with Gasteiger partial charge in [-0.1, -0.05) is 28.4 Å². The van der Waals surface area contributed by atoms with Crippen LogP contribution in [0.1, 0.15) is 10.4 Å². The molecule has 3 aromatic rings. The van der Waals surface area contributed by atoms with Gasteiger partial charge in [0.1, 0.15) is 5.15 Å². The molecule has 0 aliphatic carbocycles. The molecule has 0 unspecified atom stereocenters. The number of aromatic nitrogens is 4. The maximum absolute atomic E-state index is 12.3. The molecule has 6 nitrogen and oxygen atoms in total. The minimum Gasteiger partial charge on any atom is -0.320 e. The van der Waals surface area contributed by atoms with Gasteiger partial charge in [-0.05, 0) is 30.3 Å². The summed E-state index contributed by atoms with van der Waals surface area (Å²) in [5, 5.41) is 11.0. The molecule has 22 heavy (non-hydrogen) atoms. The van der Waals surface area contributed by atoms with Crippen LogP contribution in [0.25, 0.3) is 5.69 Å². The lowest BCUT2D eigenvalue weighted by Gasteiger charge is -2.11. The Morgan fingerprint density at radius 1 is 1.18 bits per heavy atom. The van der Waals surface area contributed by atoms with Gasteiger partial charge in [0.15, 0.2) is 0 Å². The minimum atomic E-state index is -0.387. The van der Waals surface area contributed by atoms with Crippen LogP contribution in [0.15, 0.2) is 48.9 Å². The van der Waals surface area contributed by atoms with E-state index in [4.69, 9.17) is 23.2 Å². The summed E-state index contributed by atoms with van der Waals surface area (Å²) in [7, 11) is 0. The van der Waals surface area contributed by atoms with E-state index in [9.17, 15) is 4.79 Å². The van der Waals surface area contributed by atoms with Crippen LogP contribution in [-0.4, -0.2) is 25.9 Å². The largest absolute Gasteiger partial charge is 0.320 e. The average Bonchev–Trinajstić information content (AvgIpc) is 3.02. The lowest BCUT2D eigenvalue weighted by atomic mass is 10.2. The van der Waals surface area contributed by atoms with Gasteiger partial charge in [0.25, 0.3) is 5.91 Å². The smallest absolute Gasteiger partial charge is 0.258 e. The van der Waals surface area contributed by atoms with Crippen molar-refractivity contribution in [3.8, 4) is 5.69 Å². The highest BCUT2D eigenvalue weighted by Gasteiger charge is 2.14. The molecule has 2 heterocycles. The summed E-state index contributed by atoms with van der Waals surface area (Å²) in [6.45, 7) is 0. The van der Waals surface area contributed by atoms with E-state index < -0.39 is 0 Å². The molecule has 1 N–H and O–H groups in total. The second-order valence-corrected chi connectivity index (χ2v) is 5.10. The second-order valence-electron chi connectivity index (χ2n) is 4.30. The van der Waals surface area contributed by atoms with Crippen LogP contribution >= 0.6 is 23.2 Å². The standard InChI is InChI=1S/C14H9Cl2N5O/c15-9-3-4-12(21-7-6-18-20-21)11(8-9)19-14(22)10-2-1-5-17-13(10)16/h1-8H,(H,19,22). The van der Waals surface area contributed by atoms with Crippen molar-refractivity contribution in [3.63, 3.8) is 0 Å². The van der Waals surface area contributed by atoms with Crippen molar-refractivity contribution in [1.82, 2.24) is 20.0 Å². The summed E-state index contributed by atoms with van der Waals surface area (Å²) < 4.78 is 1.52. The van der Waals surface area contributed by atoms with Crippen LogP contribution in [0.3, 0.4) is 0 Å². The van der Waals surface area contributed by atoms with Gasteiger partial charge in [-0.3, -0.25) is 4.79 Å². The van der Waals surface area contributed by atoms with Crippen molar-refractivity contribution in [2.45, 2.75) is 0 Å². The number of carbonyl (C=O) groups is 1. The molecule has 0 spiro atoms. The Hall–Kier alpha value is -2.44. The van der Waals surface area contributed by atoms with E-state index in [1.807, 2.05) is 0 Å². The first kappa shape index (κ1) is 14.5. The Labute approximate surface area is 135 Å². The number of rotatable bonds is 3. The number of hydrogen-bond donors (Lipinski definition) is 1. The highest BCUT2D eigenvalue weighted by Crippen LogP contribution is 2.25. The first-order valence-electron chi connectivity index (χ1n) is 6.23. The number of amides is 1. The molecule has 0 saturated carbocycles. The molecule has 0 aliphatic rings. The van der Waals surface area contributed by atoms with Crippen molar-refractivity contribution < 1.29 is 4.79 Å². The molecule has 2 aromatic heterocycles. The highest BCUT2D eigenvalue weighted by molar-refractivity contribution is 6.33. The van der Waals surface area contributed by atoms with Crippen LogP contribution in [0.5, 0.6) is 0 Å². The van der Waals surface area contributed by atoms with Gasteiger partial charge in [-0.2, -0.15) is 0 Å². The number of halogens is 2. The fourth-order valence-electron chi connectivity index (χ4n) is 1.89. The van der Waals surface area contributed by atoms with Gasteiger partial charge in [-0.25, -0.2) is 9.67 Å². The lowest BCUT2D eigenvalue weighted by Crippen LogP contribution is -2.15. The van der Waals surface area contributed by atoms with Crippen molar-refractivity contribution in [2.24, 2.45) is 0 Å². The van der Waals surface area contributed by atoms with Crippen LogP contribution < -0.4 is 5.32 Å². The van der Waals surface area contributed by atoms with Crippen LogP contribution in [-0.2, 0) is 0 Å². The predicted octanol–water partition coefficient (Wildman–Crippen LogP) is 3.22. The Morgan fingerprint density at radius 3 is 2.77 bits per heavy atom. The Bertz CT molecular complexity index is 820. The molecular formula is C14H9Cl2N5O. The maximum atomic E-state index is 12.3. The molecule has 0 aliphatic heterocycles. The van der Waals surface area contributed by atoms with Crippen LogP contribution in [0.4, 0.5) is 5.69 Å². The first-order chi connectivity index (χ1) is 10.6. The van der Waals surface area contributed by atoms with E-state index >= 15 is 0 Å². The van der Waals surface area contributed by atoms with Crippen molar-refractivity contribution in [2.75, 3.05) is 5.32 Å². The van der Waals surface area contributed by atoms with Gasteiger partial charge in [0.05, 0.1) is 29.3 Å². The van der Waals surface area contributed by atoms with E-state index in [1.165, 1.54) is 17.1 Å². The Balaban J connectivity index is 1.97. The summed E-state index contributed by atoms with van der Waals surface area (Å²) in [5.41, 5.74) is 1.40. The number of anilines is 1. The van der Waals surface area contributed by atoms with E-state index in [-0.39, 0.29) is 16.6 Å². The molecule has 0 radical (unpaired) electrons. The fraction of sp³-hybridized carbons (Fsp3) is 0. The number of carbonyl (C=O) groups excluding carboxylic acids is 1. The third-order valence-corrected chi connectivity index (χ3v) is 3.42. The number of pyridine rings is 1. The number of nitrogens with zero attached hydrogens (tertiary/aromatic N) is 4. The maximum Gasteiger partial charge on any atom is 0.258 e. The van der Waals surface area contributed by atoms with Crippen LogP contribution in [0, 0.1) is 0 Å². The summed E-state index contributed by atoms with van der Waals surface area (Å²) >= 11 is 11.9. The Kier molecular flexibility index (Phi) is 4.04. The molecular weight excluding hydrogens is 325 g/mol. The van der Waals surface area contributed by atoms with Gasteiger partial charge >= 0.3 is 0 Å². The molecule has 0 fully saturated rings. The quantitative estimate of drug-likeness (QED) is 0.747. The minimum absolute atomic E-state index is 0.129. The molecule has 0 bridgehead atoms. The first-order valence-corrected chi connectivity index (χ1v) is 6.99. The van der Waals surface area contributed by atoms with E-state index in [1.54, 1.807) is 36.5 Å². The SMILES string of the molecule is O=C(Nc1cc(Cl)ccc1-n1ccnn1)c1cccnc1Cl. The van der Waals surface area contributed by atoms with Gasteiger partial charge < -0.3 is 5.32 Å². The van der Waals surface area contributed by atoms with Gasteiger partial charge in [-0.15, -0.1) is 5.10 Å². The molecule has 0 saturated heterocycles. The normalized spacial score (nSPS) is 10.5. The van der Waals surface area contributed by atoms with Gasteiger partial charge in [0, 0.05) is 11.2 Å². The highest BCUT2D eigenvalue weighted by atomic mass is 35.5. The van der Waals surface area contributed by atoms with Gasteiger partial charge in [0.2, 0.25) is 0 Å². The third-order valence-electron chi connectivity index (χ3n) is 2.88. The summed E-state index contributed by atoms with van der Waals surface area (Å²) in [6.07, 6.45) is 4.72. The monoisotopic (exact) mass is 333 g/mol. The Morgan fingerprint density at radius 2 is 2.05 bits per heavy atom. The zero-order chi connectivity index (χ0) is 15.5. The summed E-state index contributed by atoms with van der Waals surface area (Å²) in [5.74, 6) is -0.387. The lowest BCUT2D eigenvalue weighted by molar-refractivity contribution is 0.102. The van der Waals surface area contributed by atoms with Crippen LogP contribution in [0.2, 0.25) is 10.2 Å².